The van der Waals surface area contributed by atoms with Gasteiger partial charge in [0.05, 0.1) is 5.02 Å². The number of benzene rings is 1. The second-order valence-corrected chi connectivity index (χ2v) is 8.15. The minimum Gasteiger partial charge on any atom is -0.313 e. The molecule has 1 saturated carbocycles. The molecule has 2 fully saturated rings. The lowest BCUT2D eigenvalue weighted by Gasteiger charge is -2.30. The lowest BCUT2D eigenvalue weighted by atomic mass is 10.1. The van der Waals surface area contributed by atoms with Crippen molar-refractivity contribution in [2.45, 2.75) is 49.1 Å². The summed E-state index contributed by atoms with van der Waals surface area (Å²) in [6, 6.07) is 7.13. The lowest BCUT2D eigenvalue weighted by molar-refractivity contribution is 0.307. The van der Waals surface area contributed by atoms with Crippen LogP contribution in [0.2, 0.25) is 5.02 Å². The highest BCUT2D eigenvalue weighted by Crippen LogP contribution is 2.34. The SMILES string of the molecule is O=S(=O)(c1ccccc1Cl)N(CC1CCCCN1)C1CC1. The normalized spacial score (nSPS) is 23.4. The Hall–Kier alpha value is -0.620. The molecule has 0 radical (unpaired) electrons. The zero-order valence-electron chi connectivity index (χ0n) is 12.0. The third-order valence-electron chi connectivity index (χ3n) is 4.19. The van der Waals surface area contributed by atoms with Crippen LogP contribution in [-0.2, 0) is 10.0 Å². The summed E-state index contributed by atoms with van der Waals surface area (Å²) in [7, 11) is -3.51. The molecule has 2 aliphatic rings. The summed E-state index contributed by atoms with van der Waals surface area (Å²) < 4.78 is 27.5. The van der Waals surface area contributed by atoms with Crippen molar-refractivity contribution < 1.29 is 8.42 Å². The highest BCUT2D eigenvalue weighted by atomic mass is 35.5. The summed E-state index contributed by atoms with van der Waals surface area (Å²) in [5, 5.41) is 3.74. The summed E-state index contributed by atoms with van der Waals surface area (Å²) in [6.07, 6.45) is 5.30. The van der Waals surface area contributed by atoms with E-state index in [4.69, 9.17) is 11.6 Å². The predicted molar refractivity (Wildman–Crippen MR) is 84.0 cm³/mol. The zero-order valence-corrected chi connectivity index (χ0v) is 13.5. The molecule has 1 aliphatic heterocycles. The van der Waals surface area contributed by atoms with Crippen molar-refractivity contribution in [1.29, 1.82) is 0 Å². The first-order chi connectivity index (χ1) is 10.1. The third kappa shape index (κ3) is 3.42. The van der Waals surface area contributed by atoms with Gasteiger partial charge in [0.1, 0.15) is 4.90 Å². The number of halogens is 1. The molecule has 1 saturated heterocycles. The Kier molecular flexibility index (Phi) is 4.54. The highest BCUT2D eigenvalue weighted by molar-refractivity contribution is 7.89. The van der Waals surface area contributed by atoms with Gasteiger partial charge in [-0.1, -0.05) is 30.2 Å². The minimum atomic E-state index is -3.51. The maximum absolute atomic E-state index is 12.9. The van der Waals surface area contributed by atoms with Crippen LogP contribution in [0.4, 0.5) is 0 Å². The molecule has 6 heteroatoms. The van der Waals surface area contributed by atoms with E-state index in [2.05, 4.69) is 5.32 Å². The van der Waals surface area contributed by atoms with Crippen LogP contribution in [0, 0.1) is 0 Å². The van der Waals surface area contributed by atoms with E-state index in [1.165, 1.54) is 12.8 Å². The van der Waals surface area contributed by atoms with Crippen LogP contribution in [0.25, 0.3) is 0 Å². The van der Waals surface area contributed by atoms with Crippen LogP contribution in [-0.4, -0.2) is 37.9 Å². The second-order valence-electron chi connectivity index (χ2n) is 5.88. The summed E-state index contributed by atoms with van der Waals surface area (Å²) in [4.78, 5) is 0.231. The lowest BCUT2D eigenvalue weighted by Crippen LogP contribution is -2.46. The van der Waals surface area contributed by atoms with E-state index in [0.29, 0.717) is 11.6 Å². The van der Waals surface area contributed by atoms with Gasteiger partial charge in [-0.3, -0.25) is 0 Å². The van der Waals surface area contributed by atoms with Crippen LogP contribution in [0.5, 0.6) is 0 Å². The molecule has 1 heterocycles. The van der Waals surface area contributed by atoms with Gasteiger partial charge < -0.3 is 5.32 Å². The molecule has 1 aliphatic carbocycles. The summed E-state index contributed by atoms with van der Waals surface area (Å²) >= 11 is 6.10. The van der Waals surface area contributed by atoms with Gasteiger partial charge in [0, 0.05) is 18.6 Å². The molecule has 0 spiro atoms. The fraction of sp³-hybridized carbons (Fsp3) is 0.600. The molecule has 0 bridgehead atoms. The van der Waals surface area contributed by atoms with Gasteiger partial charge in [-0.05, 0) is 44.4 Å². The minimum absolute atomic E-state index is 0.148. The molecule has 1 unspecified atom stereocenters. The van der Waals surface area contributed by atoms with Crippen molar-refractivity contribution in [2.75, 3.05) is 13.1 Å². The standard InChI is InChI=1S/C15H21ClN2O2S/c16-14-6-1-2-7-15(14)21(19,20)18(13-8-9-13)11-12-5-3-4-10-17-12/h1-2,6-7,12-13,17H,3-5,8-11H2. The summed E-state index contributed by atoms with van der Waals surface area (Å²) in [5.41, 5.74) is 0. The largest absolute Gasteiger partial charge is 0.313 e. The molecule has 3 rings (SSSR count). The average Bonchev–Trinajstić information content (AvgIpc) is 3.30. The summed E-state index contributed by atoms with van der Waals surface area (Å²) in [5.74, 6) is 0. The van der Waals surface area contributed by atoms with E-state index >= 15 is 0 Å². The molecule has 1 N–H and O–H groups in total. The first-order valence-corrected chi connectivity index (χ1v) is 9.40. The quantitative estimate of drug-likeness (QED) is 0.904. The third-order valence-corrected chi connectivity index (χ3v) is 6.61. The van der Waals surface area contributed by atoms with Crippen molar-refractivity contribution >= 4 is 21.6 Å². The van der Waals surface area contributed by atoms with Gasteiger partial charge >= 0.3 is 0 Å². The Bertz CT molecular complexity index is 595. The van der Waals surface area contributed by atoms with Gasteiger partial charge in [-0.15, -0.1) is 0 Å². The Morgan fingerprint density at radius 3 is 2.57 bits per heavy atom. The van der Waals surface area contributed by atoms with E-state index in [1.807, 2.05) is 0 Å². The topological polar surface area (TPSA) is 49.4 Å². The first kappa shape index (κ1) is 15.3. The van der Waals surface area contributed by atoms with Gasteiger partial charge in [-0.25, -0.2) is 8.42 Å². The molecular weight excluding hydrogens is 308 g/mol. The molecule has 0 aromatic heterocycles. The van der Waals surface area contributed by atoms with Crippen LogP contribution < -0.4 is 5.32 Å². The molecular formula is C15H21ClN2O2S. The van der Waals surface area contributed by atoms with Crippen LogP contribution in [0.1, 0.15) is 32.1 Å². The number of nitrogens with zero attached hydrogens (tertiary/aromatic N) is 1. The maximum atomic E-state index is 12.9. The van der Waals surface area contributed by atoms with Gasteiger partial charge in [0.2, 0.25) is 10.0 Å². The zero-order chi connectivity index (χ0) is 14.9. The molecule has 0 amide bonds. The maximum Gasteiger partial charge on any atom is 0.244 e. The summed E-state index contributed by atoms with van der Waals surface area (Å²) in [6.45, 7) is 1.54. The van der Waals surface area contributed by atoms with Crippen LogP contribution >= 0.6 is 11.6 Å². The average molecular weight is 329 g/mol. The second kappa shape index (κ2) is 6.24. The van der Waals surface area contributed by atoms with Crippen molar-refractivity contribution in [3.05, 3.63) is 29.3 Å². The molecule has 21 heavy (non-hydrogen) atoms. The van der Waals surface area contributed by atoms with Gasteiger partial charge in [0.25, 0.3) is 0 Å². The van der Waals surface area contributed by atoms with E-state index in [1.54, 1.807) is 28.6 Å². The van der Waals surface area contributed by atoms with Gasteiger partial charge in [-0.2, -0.15) is 4.31 Å². The van der Waals surface area contributed by atoms with Crippen LogP contribution in [0.3, 0.4) is 0 Å². The van der Waals surface area contributed by atoms with Crippen molar-refractivity contribution in [3.8, 4) is 0 Å². The fourth-order valence-electron chi connectivity index (χ4n) is 2.88. The van der Waals surface area contributed by atoms with Crippen LogP contribution in [0.15, 0.2) is 29.2 Å². The monoisotopic (exact) mass is 328 g/mol. The van der Waals surface area contributed by atoms with E-state index in [0.717, 1.165) is 25.8 Å². The van der Waals surface area contributed by atoms with Crippen molar-refractivity contribution in [1.82, 2.24) is 9.62 Å². The number of sulfonamides is 1. The highest BCUT2D eigenvalue weighted by Gasteiger charge is 2.40. The first-order valence-electron chi connectivity index (χ1n) is 7.59. The number of rotatable bonds is 5. The van der Waals surface area contributed by atoms with Crippen molar-refractivity contribution in [2.24, 2.45) is 0 Å². The Labute approximate surface area is 131 Å². The number of nitrogens with one attached hydrogen (secondary N) is 1. The molecule has 1 aromatic rings. The number of hydrogen-bond donors (Lipinski definition) is 1. The van der Waals surface area contributed by atoms with E-state index < -0.39 is 10.0 Å². The van der Waals surface area contributed by atoms with Crippen molar-refractivity contribution in [3.63, 3.8) is 0 Å². The van der Waals surface area contributed by atoms with E-state index in [-0.39, 0.29) is 17.0 Å². The molecule has 1 atom stereocenters. The predicted octanol–water partition coefficient (Wildman–Crippen LogP) is 2.64. The fourth-order valence-corrected chi connectivity index (χ4v) is 5.11. The molecule has 116 valence electrons. The van der Waals surface area contributed by atoms with E-state index in [9.17, 15) is 8.42 Å². The Morgan fingerprint density at radius 1 is 1.19 bits per heavy atom. The number of piperidine rings is 1. The molecule has 4 nitrogen and oxygen atoms in total. The smallest absolute Gasteiger partial charge is 0.244 e. The molecule has 1 aromatic carbocycles. The Morgan fingerprint density at radius 2 is 1.95 bits per heavy atom. The Balaban J connectivity index is 1.84. The van der Waals surface area contributed by atoms with Gasteiger partial charge in [0.15, 0.2) is 0 Å². The number of hydrogen-bond acceptors (Lipinski definition) is 3.